The second kappa shape index (κ2) is 11.8. The highest BCUT2D eigenvalue weighted by atomic mass is 19.1. The van der Waals surface area contributed by atoms with Gasteiger partial charge in [-0.15, -0.1) is 0 Å². The first-order valence-corrected chi connectivity index (χ1v) is 16.3. The van der Waals surface area contributed by atoms with Gasteiger partial charge in [0.25, 0.3) is 5.91 Å². The maximum Gasteiger partial charge on any atom is 0.261 e. The van der Waals surface area contributed by atoms with Gasteiger partial charge >= 0.3 is 0 Å². The van der Waals surface area contributed by atoms with Crippen molar-refractivity contribution in [2.45, 2.75) is 88.8 Å². The van der Waals surface area contributed by atoms with Crippen LogP contribution in [0.2, 0.25) is 0 Å². The van der Waals surface area contributed by atoms with Crippen LogP contribution in [0.3, 0.4) is 0 Å². The molecule has 2 saturated carbocycles. The Hall–Kier alpha value is -3.82. The Labute approximate surface area is 263 Å². The molecule has 236 valence electrons. The van der Waals surface area contributed by atoms with E-state index in [2.05, 4.69) is 38.0 Å². The summed E-state index contributed by atoms with van der Waals surface area (Å²) in [7, 11) is 1.53. The maximum atomic E-state index is 16.1. The van der Waals surface area contributed by atoms with Crippen molar-refractivity contribution in [3.05, 3.63) is 71.2 Å². The minimum absolute atomic E-state index is 0.0475. The van der Waals surface area contributed by atoms with Gasteiger partial charge in [0, 0.05) is 23.3 Å². The number of nitrogens with one attached hydrogen (secondary N) is 1. The summed E-state index contributed by atoms with van der Waals surface area (Å²) >= 11 is 0. The van der Waals surface area contributed by atoms with Gasteiger partial charge in [-0.2, -0.15) is 0 Å². The van der Waals surface area contributed by atoms with Crippen molar-refractivity contribution in [1.29, 1.82) is 0 Å². The number of piperidine rings is 1. The van der Waals surface area contributed by atoms with E-state index in [-0.39, 0.29) is 17.3 Å². The number of halogens is 1. The number of aromatic nitrogens is 3. The average molecular weight is 612 g/mol. The smallest absolute Gasteiger partial charge is 0.261 e. The number of carbonyl (C=O) groups is 1. The molecule has 2 N–H and O–H groups in total. The number of pyridine rings is 1. The summed E-state index contributed by atoms with van der Waals surface area (Å²) in [6, 6.07) is 15.9. The van der Waals surface area contributed by atoms with Gasteiger partial charge in [-0.3, -0.25) is 10.1 Å². The molecule has 1 amide bonds. The molecule has 0 bridgehead atoms. The molecule has 2 aromatic carbocycles. The Morgan fingerprint density at radius 2 is 1.73 bits per heavy atom. The van der Waals surface area contributed by atoms with Crippen molar-refractivity contribution in [3.8, 4) is 17.0 Å². The highest BCUT2D eigenvalue weighted by Crippen LogP contribution is 2.40. The molecule has 2 aliphatic carbocycles. The molecule has 3 fully saturated rings. The fourth-order valence-electron chi connectivity index (χ4n) is 7.36. The van der Waals surface area contributed by atoms with E-state index < -0.39 is 17.3 Å². The van der Waals surface area contributed by atoms with E-state index in [1.807, 2.05) is 6.92 Å². The Kier molecular flexibility index (Phi) is 7.86. The van der Waals surface area contributed by atoms with Gasteiger partial charge in [0.05, 0.1) is 29.3 Å². The fourth-order valence-corrected chi connectivity index (χ4v) is 7.36. The number of imidazole rings is 1. The number of rotatable bonds is 7. The van der Waals surface area contributed by atoms with E-state index in [1.54, 1.807) is 31.2 Å². The van der Waals surface area contributed by atoms with Gasteiger partial charge in [-0.05, 0) is 120 Å². The normalized spacial score (nSPS) is 22.9. The number of fused-ring (bicyclic) bond motifs is 1. The number of nitrogens with zero attached hydrogens (tertiary/aromatic N) is 4. The van der Waals surface area contributed by atoms with E-state index in [9.17, 15) is 9.90 Å². The van der Waals surface area contributed by atoms with Gasteiger partial charge in [0.2, 0.25) is 5.95 Å². The molecular weight excluding hydrogens is 569 g/mol. The monoisotopic (exact) mass is 611 g/mol. The van der Waals surface area contributed by atoms with Crippen molar-refractivity contribution in [1.82, 2.24) is 19.4 Å². The topological polar surface area (TPSA) is 92.5 Å². The van der Waals surface area contributed by atoms with Crippen molar-refractivity contribution >= 4 is 22.9 Å². The highest BCUT2D eigenvalue weighted by Gasteiger charge is 2.34. The largest absolute Gasteiger partial charge is 0.496 e. The lowest BCUT2D eigenvalue weighted by Gasteiger charge is -2.34. The second-order valence-corrected chi connectivity index (χ2v) is 13.5. The molecule has 0 radical (unpaired) electrons. The van der Waals surface area contributed by atoms with E-state index in [0.29, 0.717) is 41.7 Å². The average Bonchev–Trinajstić information content (AvgIpc) is 3.83. The number of anilines is 1. The summed E-state index contributed by atoms with van der Waals surface area (Å²) < 4.78 is 23.6. The molecule has 2 aromatic heterocycles. The van der Waals surface area contributed by atoms with Crippen LogP contribution in [0.15, 0.2) is 48.5 Å². The highest BCUT2D eigenvalue weighted by molar-refractivity contribution is 6.05. The van der Waals surface area contributed by atoms with E-state index in [0.717, 1.165) is 55.8 Å². The Morgan fingerprint density at radius 1 is 1.00 bits per heavy atom. The quantitative estimate of drug-likeness (QED) is 0.234. The van der Waals surface area contributed by atoms with Crippen molar-refractivity contribution in [2.75, 3.05) is 25.5 Å². The van der Waals surface area contributed by atoms with Crippen molar-refractivity contribution < 1.29 is 19.0 Å². The van der Waals surface area contributed by atoms with E-state index in [1.165, 1.54) is 31.6 Å². The van der Waals surface area contributed by atoms with Crippen LogP contribution < -0.4 is 10.1 Å². The number of amides is 1. The SMILES string of the molecule is COc1ccccc1-c1nc(C)cc(C(=O)Nc2nc3cc(C4CCN(C5CC5)CC4)ccc3n2[C@H]2CC[C@@](C)(O)CC2)c1F. The molecule has 3 aliphatic rings. The minimum atomic E-state index is -0.709. The maximum absolute atomic E-state index is 16.1. The molecular formula is C36H42FN5O3. The molecule has 0 spiro atoms. The van der Waals surface area contributed by atoms with E-state index >= 15 is 4.39 Å². The number of aryl methyl sites for hydroxylation is 1. The van der Waals surface area contributed by atoms with Gasteiger partial charge in [-0.1, -0.05) is 18.2 Å². The third-order valence-corrected chi connectivity index (χ3v) is 10.1. The number of benzene rings is 2. The summed E-state index contributed by atoms with van der Waals surface area (Å²) in [4.78, 5) is 25.9. The Bertz CT molecular complexity index is 1730. The number of aliphatic hydroxyl groups is 1. The van der Waals surface area contributed by atoms with Gasteiger partial charge in [0.15, 0.2) is 5.82 Å². The number of carbonyl (C=O) groups excluding carboxylic acids is 1. The number of methoxy groups -OCH3 is 1. The lowest BCUT2D eigenvalue weighted by Crippen LogP contribution is -2.34. The lowest BCUT2D eigenvalue weighted by molar-refractivity contribution is 0.0106. The van der Waals surface area contributed by atoms with Crippen LogP contribution in [-0.2, 0) is 0 Å². The molecule has 0 unspecified atom stereocenters. The molecule has 3 heterocycles. The molecule has 1 saturated heterocycles. The van der Waals surface area contributed by atoms with Crippen molar-refractivity contribution in [2.24, 2.45) is 0 Å². The first kappa shape index (κ1) is 29.9. The molecule has 7 rings (SSSR count). The lowest BCUT2D eigenvalue weighted by atomic mass is 9.83. The first-order chi connectivity index (χ1) is 21.7. The zero-order valence-corrected chi connectivity index (χ0v) is 26.4. The number of ether oxygens (including phenoxy) is 1. The van der Waals surface area contributed by atoms with Crippen LogP contribution in [0.4, 0.5) is 10.3 Å². The van der Waals surface area contributed by atoms with Crippen LogP contribution in [0.1, 0.15) is 91.9 Å². The molecule has 1 aliphatic heterocycles. The molecule has 0 atom stereocenters. The minimum Gasteiger partial charge on any atom is -0.496 e. The van der Waals surface area contributed by atoms with Crippen LogP contribution >= 0.6 is 0 Å². The third-order valence-electron chi connectivity index (χ3n) is 10.1. The summed E-state index contributed by atoms with van der Waals surface area (Å²) in [5.41, 5.74) is 3.31. The van der Waals surface area contributed by atoms with Crippen LogP contribution in [0, 0.1) is 12.7 Å². The van der Waals surface area contributed by atoms with Crippen LogP contribution in [0.5, 0.6) is 5.75 Å². The predicted octanol–water partition coefficient (Wildman–Crippen LogP) is 7.01. The summed E-state index contributed by atoms with van der Waals surface area (Å²) in [6.07, 6.45) is 7.77. The standard InChI is InChI=1S/C36H42FN5O3/c1-22-20-28(32(37)33(38-22)27-6-4-5-7-31(27)45-3)34(43)40-35-39-29-21-24(23-14-18-41(19-15-23)25-9-10-25)8-11-30(29)42(35)26-12-16-36(2,44)17-13-26/h4-8,11,20-21,23,25-26,44H,9-10,12-19H2,1-3H3,(H,39,40,43)/t26-,36+. The number of hydrogen-bond donors (Lipinski definition) is 2. The number of likely N-dealkylation sites (tertiary alicyclic amines) is 1. The van der Waals surface area contributed by atoms with Crippen molar-refractivity contribution in [3.63, 3.8) is 0 Å². The van der Waals surface area contributed by atoms with E-state index in [4.69, 9.17) is 9.72 Å². The zero-order chi connectivity index (χ0) is 31.3. The van der Waals surface area contributed by atoms with Crippen LogP contribution in [0.25, 0.3) is 22.3 Å². The molecule has 9 heteroatoms. The Balaban J connectivity index is 1.23. The molecule has 8 nitrogen and oxygen atoms in total. The number of hydrogen-bond acceptors (Lipinski definition) is 6. The predicted molar refractivity (Wildman–Crippen MR) is 173 cm³/mol. The van der Waals surface area contributed by atoms with Gasteiger partial charge in [0.1, 0.15) is 11.4 Å². The summed E-state index contributed by atoms with van der Waals surface area (Å²) in [6.45, 7) is 5.90. The fraction of sp³-hybridized carbons (Fsp3) is 0.472. The third kappa shape index (κ3) is 5.95. The zero-order valence-electron chi connectivity index (χ0n) is 26.4. The van der Waals surface area contributed by atoms with Gasteiger partial charge in [-0.25, -0.2) is 14.4 Å². The molecule has 45 heavy (non-hydrogen) atoms. The number of para-hydroxylation sites is 1. The van der Waals surface area contributed by atoms with Crippen LogP contribution in [-0.4, -0.2) is 62.3 Å². The molecule has 4 aromatic rings. The first-order valence-electron chi connectivity index (χ1n) is 16.3. The van der Waals surface area contributed by atoms with Gasteiger partial charge < -0.3 is 19.3 Å². The second-order valence-electron chi connectivity index (χ2n) is 13.5. The Morgan fingerprint density at radius 3 is 2.44 bits per heavy atom. The summed E-state index contributed by atoms with van der Waals surface area (Å²) in [5.74, 6) is 0.0689. The summed E-state index contributed by atoms with van der Waals surface area (Å²) in [5, 5.41) is 13.6.